The molecule has 1 aliphatic heterocycles. The van der Waals surface area contributed by atoms with Crippen LogP contribution in [0.1, 0.15) is 50.9 Å². The molecule has 0 unspecified atom stereocenters. The van der Waals surface area contributed by atoms with Gasteiger partial charge in [-0.3, -0.25) is 4.90 Å². The van der Waals surface area contributed by atoms with Crippen molar-refractivity contribution < 1.29 is 28.5 Å². The fraction of sp³-hybridized carbons (Fsp3) is 0.343. The van der Waals surface area contributed by atoms with E-state index in [-0.39, 0.29) is 12.7 Å². The number of aryl methyl sites for hydroxylation is 1. The van der Waals surface area contributed by atoms with Crippen LogP contribution in [0.3, 0.4) is 0 Å². The average molecular weight is 598 g/mol. The summed E-state index contributed by atoms with van der Waals surface area (Å²) < 4.78 is 24.5. The average Bonchev–Trinajstić information content (AvgIpc) is 3.42. The maximum atomic E-state index is 12.8. The highest BCUT2D eigenvalue weighted by atomic mass is 16.6. The number of ether oxygens (including phenoxy) is 4. The summed E-state index contributed by atoms with van der Waals surface area (Å²) in [6.07, 6.45) is 5.37. The first-order chi connectivity index (χ1) is 21.2. The zero-order chi connectivity index (χ0) is 31.3. The third-order valence-electron chi connectivity index (χ3n) is 7.18. The van der Waals surface area contributed by atoms with Crippen LogP contribution in [0.4, 0.5) is 10.6 Å². The number of para-hydroxylation sites is 1. The Balaban J connectivity index is 1.32. The number of carbonyl (C=O) groups excluding carboxylic acids is 2. The summed E-state index contributed by atoms with van der Waals surface area (Å²) in [5.41, 5.74) is 3.63. The molecule has 4 aromatic rings. The monoisotopic (exact) mass is 597 g/mol. The molecule has 230 valence electrons. The lowest BCUT2D eigenvalue weighted by Gasteiger charge is -2.31. The van der Waals surface area contributed by atoms with Crippen molar-refractivity contribution in [3.8, 4) is 11.5 Å². The highest BCUT2D eigenvalue weighted by molar-refractivity contribution is 5.96. The largest absolute Gasteiger partial charge is 0.496 e. The number of esters is 1. The second-order valence-electron chi connectivity index (χ2n) is 11.5. The first-order valence-electron chi connectivity index (χ1n) is 14.9. The molecule has 2 aromatic heterocycles. The van der Waals surface area contributed by atoms with Gasteiger partial charge in [-0.05, 0) is 88.6 Å². The van der Waals surface area contributed by atoms with Crippen molar-refractivity contribution in [2.45, 2.75) is 52.6 Å². The van der Waals surface area contributed by atoms with Crippen molar-refractivity contribution in [1.29, 1.82) is 0 Å². The van der Waals surface area contributed by atoms with Gasteiger partial charge < -0.3 is 23.5 Å². The summed E-state index contributed by atoms with van der Waals surface area (Å²) in [6, 6.07) is 19.4. The molecule has 0 saturated heterocycles. The zero-order valence-electron chi connectivity index (χ0n) is 26.0. The number of fused-ring (bicyclic) bond motifs is 2. The van der Waals surface area contributed by atoms with Crippen LogP contribution in [0.2, 0.25) is 0 Å². The van der Waals surface area contributed by atoms with Crippen LogP contribution in [0.15, 0.2) is 72.9 Å². The molecule has 0 fully saturated rings. The molecule has 0 aliphatic carbocycles. The molecule has 9 heteroatoms. The molecule has 1 amide bonds. The number of hydrogen-bond donors (Lipinski definition) is 0. The number of benzene rings is 2. The minimum Gasteiger partial charge on any atom is -0.496 e. The number of methoxy groups -OCH3 is 1. The Hall–Kier alpha value is -4.79. The van der Waals surface area contributed by atoms with Crippen LogP contribution in [-0.4, -0.2) is 54.1 Å². The number of rotatable bonds is 9. The highest BCUT2D eigenvalue weighted by Crippen LogP contribution is 2.32. The van der Waals surface area contributed by atoms with E-state index in [2.05, 4.69) is 0 Å². The van der Waals surface area contributed by atoms with E-state index in [0.717, 1.165) is 46.3 Å². The van der Waals surface area contributed by atoms with Gasteiger partial charge >= 0.3 is 12.1 Å². The van der Waals surface area contributed by atoms with E-state index in [1.54, 1.807) is 18.9 Å². The summed E-state index contributed by atoms with van der Waals surface area (Å²) in [4.78, 5) is 31.8. The second kappa shape index (κ2) is 13.2. The number of carbonyl (C=O) groups is 2. The van der Waals surface area contributed by atoms with Gasteiger partial charge in [0.2, 0.25) is 0 Å². The number of hydrogen-bond acceptors (Lipinski definition) is 7. The van der Waals surface area contributed by atoms with Gasteiger partial charge in [0.15, 0.2) is 0 Å². The number of nitrogens with zero attached hydrogens (tertiary/aromatic N) is 3. The van der Waals surface area contributed by atoms with Gasteiger partial charge in [-0.25, -0.2) is 14.6 Å². The van der Waals surface area contributed by atoms with Gasteiger partial charge in [-0.15, -0.1) is 0 Å². The van der Waals surface area contributed by atoms with Gasteiger partial charge in [0.25, 0.3) is 0 Å². The Kier molecular flexibility index (Phi) is 9.23. The molecule has 0 N–H and O–H groups in total. The predicted molar refractivity (Wildman–Crippen MR) is 170 cm³/mol. The molecular weight excluding hydrogens is 558 g/mol. The standard InChI is InChI=1S/C35H39N3O6/c1-6-42-32(39)23-30(28-11-7-8-12-31(28)41-5)37-20-17-25-22-27(15-16-29(25)37)43-21-18-26-14-13-24-10-9-19-38(33(24)36-26)34(40)44-35(2,3)4/h7-8,11-17,20,22-23H,6,9-10,18-19,21H2,1-5H3/b30-23+. The fourth-order valence-electron chi connectivity index (χ4n) is 5.24. The summed E-state index contributed by atoms with van der Waals surface area (Å²) in [6.45, 7) is 8.66. The maximum Gasteiger partial charge on any atom is 0.416 e. The van der Waals surface area contributed by atoms with E-state index in [1.807, 2.05) is 92.2 Å². The zero-order valence-corrected chi connectivity index (χ0v) is 26.0. The van der Waals surface area contributed by atoms with Crippen molar-refractivity contribution in [1.82, 2.24) is 9.55 Å². The van der Waals surface area contributed by atoms with Crippen molar-refractivity contribution in [2.75, 3.05) is 31.8 Å². The molecule has 3 heterocycles. The molecule has 2 aromatic carbocycles. The fourth-order valence-corrected chi connectivity index (χ4v) is 5.24. The third-order valence-corrected chi connectivity index (χ3v) is 7.18. The van der Waals surface area contributed by atoms with Gasteiger partial charge in [0.05, 0.1) is 31.5 Å². The Morgan fingerprint density at radius 2 is 1.86 bits per heavy atom. The molecule has 0 saturated carbocycles. The Bertz CT molecular complexity index is 1680. The van der Waals surface area contributed by atoms with Crippen molar-refractivity contribution >= 4 is 34.5 Å². The number of anilines is 1. The minimum atomic E-state index is -0.574. The SMILES string of the molecule is CCOC(=O)/C=C(\c1ccccc1OC)n1ccc2cc(OCCc3ccc4c(n3)N(C(=O)OC(C)(C)C)CCC4)ccc21. The normalized spacial score (nSPS) is 13.4. The molecule has 0 bridgehead atoms. The summed E-state index contributed by atoms with van der Waals surface area (Å²) >= 11 is 0. The molecule has 0 spiro atoms. The van der Waals surface area contributed by atoms with E-state index in [4.69, 9.17) is 23.9 Å². The maximum absolute atomic E-state index is 12.8. The van der Waals surface area contributed by atoms with E-state index >= 15 is 0 Å². The Labute approximate surface area is 258 Å². The Morgan fingerprint density at radius 1 is 1.05 bits per heavy atom. The second-order valence-corrected chi connectivity index (χ2v) is 11.5. The molecular formula is C35H39N3O6. The number of aromatic nitrogens is 2. The van der Waals surface area contributed by atoms with Crippen LogP contribution >= 0.6 is 0 Å². The van der Waals surface area contributed by atoms with Gasteiger partial charge in [0.1, 0.15) is 22.9 Å². The van der Waals surface area contributed by atoms with Gasteiger partial charge in [0, 0.05) is 41.9 Å². The molecule has 0 atom stereocenters. The van der Waals surface area contributed by atoms with Crippen LogP contribution < -0.4 is 14.4 Å². The van der Waals surface area contributed by atoms with E-state index in [9.17, 15) is 9.59 Å². The lowest BCUT2D eigenvalue weighted by atomic mass is 10.1. The van der Waals surface area contributed by atoms with Crippen molar-refractivity contribution in [3.63, 3.8) is 0 Å². The molecule has 9 nitrogen and oxygen atoms in total. The van der Waals surface area contributed by atoms with Crippen LogP contribution in [0.25, 0.3) is 16.6 Å². The van der Waals surface area contributed by atoms with Crippen molar-refractivity contribution in [3.05, 3.63) is 89.8 Å². The van der Waals surface area contributed by atoms with Crippen molar-refractivity contribution in [2.24, 2.45) is 0 Å². The van der Waals surface area contributed by atoms with Crippen LogP contribution in [0, 0.1) is 0 Å². The van der Waals surface area contributed by atoms with E-state index in [1.165, 1.54) is 6.08 Å². The quantitative estimate of drug-likeness (QED) is 0.155. The number of amides is 1. The summed E-state index contributed by atoms with van der Waals surface area (Å²) in [5.74, 6) is 1.61. The lowest BCUT2D eigenvalue weighted by molar-refractivity contribution is -0.137. The first kappa shape index (κ1) is 30.7. The lowest BCUT2D eigenvalue weighted by Crippen LogP contribution is -2.40. The van der Waals surface area contributed by atoms with E-state index < -0.39 is 11.6 Å². The van der Waals surface area contributed by atoms with Gasteiger partial charge in [-0.2, -0.15) is 0 Å². The topological polar surface area (TPSA) is 92.1 Å². The number of pyridine rings is 1. The van der Waals surface area contributed by atoms with E-state index in [0.29, 0.717) is 36.8 Å². The predicted octanol–water partition coefficient (Wildman–Crippen LogP) is 6.81. The molecule has 0 radical (unpaired) electrons. The first-order valence-corrected chi connectivity index (χ1v) is 14.9. The summed E-state index contributed by atoms with van der Waals surface area (Å²) in [7, 11) is 1.61. The molecule has 1 aliphatic rings. The molecule has 44 heavy (non-hydrogen) atoms. The van der Waals surface area contributed by atoms with Crippen LogP contribution in [-0.2, 0) is 27.1 Å². The molecule has 5 rings (SSSR count). The smallest absolute Gasteiger partial charge is 0.416 e. The highest BCUT2D eigenvalue weighted by Gasteiger charge is 2.28. The third kappa shape index (κ3) is 7.05. The Morgan fingerprint density at radius 3 is 2.64 bits per heavy atom. The summed E-state index contributed by atoms with van der Waals surface area (Å²) in [5, 5.41) is 0.951. The van der Waals surface area contributed by atoms with Gasteiger partial charge in [-0.1, -0.05) is 18.2 Å². The minimum absolute atomic E-state index is 0.282. The van der Waals surface area contributed by atoms with Crippen LogP contribution in [0.5, 0.6) is 11.5 Å².